The van der Waals surface area contributed by atoms with E-state index in [1.54, 1.807) is 20.2 Å². The van der Waals surface area contributed by atoms with Crippen LogP contribution in [0.2, 0.25) is 0 Å². The number of pyridine rings is 1. The Morgan fingerprint density at radius 3 is 2.05 bits per heavy atom. The van der Waals surface area contributed by atoms with Gasteiger partial charge in [-0.05, 0) is 31.9 Å². The molecule has 0 bridgehead atoms. The first kappa shape index (κ1) is 17.9. The van der Waals surface area contributed by atoms with Gasteiger partial charge >= 0.3 is 11.9 Å². The molecule has 1 aromatic heterocycles. The summed E-state index contributed by atoms with van der Waals surface area (Å²) in [7, 11) is 4.05. The molecule has 0 aromatic carbocycles. The van der Waals surface area contributed by atoms with E-state index in [1.807, 2.05) is 13.8 Å². The summed E-state index contributed by atoms with van der Waals surface area (Å²) in [5, 5.41) is 0. The normalized spacial score (nSPS) is 12.5. The monoisotopic (exact) mass is 309 g/mol. The molecule has 0 radical (unpaired) electrons. The Kier molecular flexibility index (Phi) is 5.52. The molecule has 6 nitrogen and oxygen atoms in total. The third-order valence-corrected chi connectivity index (χ3v) is 4.26. The number of esters is 2. The van der Waals surface area contributed by atoms with E-state index in [9.17, 15) is 9.59 Å². The standard InChI is InChI=1S/C16H23NO5/c1-9-12(8-17-11(3)13(9)20-5)10(2)16(4,14(18)21-6)15(19)22-7/h8,10H,1-7H3. The number of aryl methyl sites for hydroxylation is 1. The fraction of sp³-hybridized carbons (Fsp3) is 0.562. The summed E-state index contributed by atoms with van der Waals surface area (Å²) in [5.41, 5.74) is 0.854. The van der Waals surface area contributed by atoms with E-state index in [2.05, 4.69) is 4.98 Å². The quantitative estimate of drug-likeness (QED) is 0.613. The van der Waals surface area contributed by atoms with Crippen LogP contribution in [-0.4, -0.2) is 38.3 Å². The predicted octanol–water partition coefficient (Wildman–Crippen LogP) is 2.16. The lowest BCUT2D eigenvalue weighted by atomic mass is 9.73. The number of hydrogen-bond acceptors (Lipinski definition) is 6. The van der Waals surface area contributed by atoms with E-state index in [1.165, 1.54) is 21.1 Å². The molecule has 0 N–H and O–H groups in total. The fourth-order valence-corrected chi connectivity index (χ4v) is 2.63. The molecular formula is C16H23NO5. The summed E-state index contributed by atoms with van der Waals surface area (Å²) in [4.78, 5) is 28.7. The topological polar surface area (TPSA) is 74.7 Å². The van der Waals surface area contributed by atoms with Gasteiger partial charge in [0.1, 0.15) is 5.75 Å². The van der Waals surface area contributed by atoms with Gasteiger partial charge < -0.3 is 14.2 Å². The van der Waals surface area contributed by atoms with Crippen molar-refractivity contribution < 1.29 is 23.8 Å². The zero-order chi connectivity index (χ0) is 17.1. The highest BCUT2D eigenvalue weighted by atomic mass is 16.5. The molecule has 22 heavy (non-hydrogen) atoms. The van der Waals surface area contributed by atoms with E-state index in [4.69, 9.17) is 14.2 Å². The molecule has 0 aliphatic rings. The van der Waals surface area contributed by atoms with Crippen molar-refractivity contribution in [2.75, 3.05) is 21.3 Å². The number of carbonyl (C=O) groups is 2. The minimum absolute atomic E-state index is 0.491. The van der Waals surface area contributed by atoms with Crippen LogP contribution in [-0.2, 0) is 19.1 Å². The van der Waals surface area contributed by atoms with Crippen LogP contribution < -0.4 is 4.74 Å². The van der Waals surface area contributed by atoms with Crippen molar-refractivity contribution >= 4 is 11.9 Å². The van der Waals surface area contributed by atoms with Crippen molar-refractivity contribution in [3.05, 3.63) is 23.0 Å². The summed E-state index contributed by atoms with van der Waals surface area (Å²) in [6, 6.07) is 0. The second-order valence-electron chi connectivity index (χ2n) is 5.36. The molecule has 0 aliphatic heterocycles. The molecule has 0 saturated carbocycles. The van der Waals surface area contributed by atoms with Crippen molar-refractivity contribution in [1.29, 1.82) is 0 Å². The van der Waals surface area contributed by atoms with Crippen LogP contribution in [0, 0.1) is 19.3 Å². The van der Waals surface area contributed by atoms with Gasteiger partial charge in [-0.3, -0.25) is 14.6 Å². The Morgan fingerprint density at radius 2 is 1.64 bits per heavy atom. The van der Waals surface area contributed by atoms with Crippen LogP contribution in [0.3, 0.4) is 0 Å². The highest BCUT2D eigenvalue weighted by Gasteiger charge is 2.49. The Labute approximate surface area is 130 Å². The number of carbonyl (C=O) groups excluding carboxylic acids is 2. The van der Waals surface area contributed by atoms with Gasteiger partial charge in [0.05, 0.1) is 27.0 Å². The third-order valence-electron chi connectivity index (χ3n) is 4.26. The fourth-order valence-electron chi connectivity index (χ4n) is 2.63. The maximum atomic E-state index is 12.2. The maximum absolute atomic E-state index is 12.2. The molecular weight excluding hydrogens is 286 g/mol. The summed E-state index contributed by atoms with van der Waals surface area (Å²) in [5.74, 6) is -1.15. The third kappa shape index (κ3) is 2.77. The molecule has 0 saturated heterocycles. The van der Waals surface area contributed by atoms with Gasteiger partial charge in [-0.1, -0.05) is 6.92 Å². The first-order valence-electron chi connectivity index (χ1n) is 6.92. The molecule has 0 spiro atoms. The Bertz CT molecular complexity index is 566. The minimum atomic E-state index is -1.46. The maximum Gasteiger partial charge on any atom is 0.323 e. The molecule has 0 amide bonds. The smallest absolute Gasteiger partial charge is 0.323 e. The number of methoxy groups -OCH3 is 3. The van der Waals surface area contributed by atoms with Crippen LogP contribution in [0.5, 0.6) is 5.75 Å². The Hall–Kier alpha value is -2.11. The van der Waals surface area contributed by atoms with E-state index >= 15 is 0 Å². The summed E-state index contributed by atoms with van der Waals surface area (Å²) < 4.78 is 15.0. The number of ether oxygens (including phenoxy) is 3. The van der Waals surface area contributed by atoms with Crippen LogP contribution in [0.1, 0.15) is 36.6 Å². The summed E-state index contributed by atoms with van der Waals surface area (Å²) >= 11 is 0. The van der Waals surface area contributed by atoms with Gasteiger partial charge in [0.15, 0.2) is 5.41 Å². The SMILES string of the molecule is COC(=O)C(C)(C(=O)OC)C(C)c1cnc(C)c(OC)c1C. The summed E-state index contributed by atoms with van der Waals surface area (Å²) in [6.07, 6.45) is 1.65. The second-order valence-corrected chi connectivity index (χ2v) is 5.36. The van der Waals surface area contributed by atoms with Crippen molar-refractivity contribution in [2.24, 2.45) is 5.41 Å². The molecule has 122 valence electrons. The highest BCUT2D eigenvalue weighted by Crippen LogP contribution is 2.41. The largest absolute Gasteiger partial charge is 0.495 e. The second kappa shape index (κ2) is 6.77. The number of rotatable bonds is 5. The van der Waals surface area contributed by atoms with Crippen LogP contribution in [0.4, 0.5) is 0 Å². The van der Waals surface area contributed by atoms with Crippen molar-refractivity contribution in [3.63, 3.8) is 0 Å². The van der Waals surface area contributed by atoms with E-state index in [0.717, 1.165) is 16.8 Å². The van der Waals surface area contributed by atoms with Gasteiger partial charge in [0, 0.05) is 12.1 Å². The minimum Gasteiger partial charge on any atom is -0.495 e. The molecule has 1 atom stereocenters. The number of aromatic nitrogens is 1. The van der Waals surface area contributed by atoms with E-state index in [-0.39, 0.29) is 0 Å². The van der Waals surface area contributed by atoms with Gasteiger partial charge in [-0.15, -0.1) is 0 Å². The number of nitrogens with zero attached hydrogens (tertiary/aromatic N) is 1. The van der Waals surface area contributed by atoms with E-state index in [0.29, 0.717) is 5.75 Å². The highest BCUT2D eigenvalue weighted by molar-refractivity contribution is 6.00. The molecule has 0 aliphatic carbocycles. The van der Waals surface area contributed by atoms with E-state index < -0.39 is 23.3 Å². The van der Waals surface area contributed by atoms with Crippen LogP contribution in [0.15, 0.2) is 6.20 Å². The van der Waals surface area contributed by atoms with Gasteiger partial charge in [-0.2, -0.15) is 0 Å². The van der Waals surface area contributed by atoms with Gasteiger partial charge in [0.25, 0.3) is 0 Å². The lowest BCUT2D eigenvalue weighted by Gasteiger charge is -2.31. The van der Waals surface area contributed by atoms with Crippen LogP contribution >= 0.6 is 0 Å². The zero-order valence-corrected chi connectivity index (χ0v) is 14.1. The first-order valence-corrected chi connectivity index (χ1v) is 6.92. The Morgan fingerprint density at radius 1 is 1.14 bits per heavy atom. The zero-order valence-electron chi connectivity index (χ0n) is 14.1. The van der Waals surface area contributed by atoms with Gasteiger partial charge in [-0.25, -0.2) is 0 Å². The lowest BCUT2D eigenvalue weighted by Crippen LogP contribution is -2.43. The average molecular weight is 309 g/mol. The Balaban J connectivity index is 3.47. The molecule has 1 aromatic rings. The molecule has 1 unspecified atom stereocenters. The molecule has 6 heteroatoms. The number of hydrogen-bond donors (Lipinski definition) is 0. The molecule has 1 heterocycles. The molecule has 0 fully saturated rings. The summed E-state index contributed by atoms with van der Waals surface area (Å²) in [6.45, 7) is 6.99. The van der Waals surface area contributed by atoms with Crippen LogP contribution in [0.25, 0.3) is 0 Å². The predicted molar refractivity (Wildman–Crippen MR) is 80.8 cm³/mol. The van der Waals surface area contributed by atoms with Crippen molar-refractivity contribution in [3.8, 4) is 5.75 Å². The molecule has 1 rings (SSSR count). The lowest BCUT2D eigenvalue weighted by molar-refractivity contribution is -0.169. The van der Waals surface area contributed by atoms with Gasteiger partial charge in [0.2, 0.25) is 0 Å². The first-order chi connectivity index (χ1) is 10.2. The van der Waals surface area contributed by atoms with Crippen molar-refractivity contribution in [2.45, 2.75) is 33.6 Å². The average Bonchev–Trinajstić information content (AvgIpc) is 2.52. The van der Waals surface area contributed by atoms with Crippen molar-refractivity contribution in [1.82, 2.24) is 4.98 Å².